The predicted octanol–water partition coefficient (Wildman–Crippen LogP) is 2.43. The first-order valence-corrected chi connectivity index (χ1v) is 4.26. The van der Waals surface area contributed by atoms with Crippen molar-refractivity contribution >= 4 is 22.6 Å². The molecule has 1 nitrogen and oxygen atoms in total. The minimum Gasteiger partial charge on any atom is -0.358 e. The molecule has 0 aliphatic carbocycles. The third-order valence-corrected chi connectivity index (χ3v) is 2.31. The van der Waals surface area contributed by atoms with E-state index in [-0.39, 0.29) is 0 Å². The lowest BCUT2D eigenvalue weighted by molar-refractivity contribution is -0.0775. The Morgan fingerprint density at radius 2 is 2.00 bits per heavy atom. The summed E-state index contributed by atoms with van der Waals surface area (Å²) in [5, 5.41) is 9.00. The second-order valence-electron chi connectivity index (χ2n) is 2.43. The summed E-state index contributed by atoms with van der Waals surface area (Å²) in [6.45, 7) is 1.13. The lowest BCUT2D eigenvalue weighted by atomic mass is 10.1. The highest BCUT2D eigenvalue weighted by Gasteiger charge is 2.23. The Bertz CT molecular complexity index is 255. The average molecular weight is 266 g/mol. The van der Waals surface area contributed by atoms with Crippen molar-refractivity contribution in [2.24, 2.45) is 0 Å². The Hall–Kier alpha value is -0.160. The van der Waals surface area contributed by atoms with Gasteiger partial charge in [0.1, 0.15) is 0 Å². The minimum absolute atomic E-state index is 0.320. The number of benzene rings is 1. The van der Waals surface area contributed by atoms with Crippen LogP contribution in [-0.2, 0) is 5.85 Å². The van der Waals surface area contributed by atoms with Crippen molar-refractivity contribution in [3.63, 3.8) is 0 Å². The van der Waals surface area contributed by atoms with Crippen molar-refractivity contribution in [3.8, 4) is 0 Å². The van der Waals surface area contributed by atoms with Gasteiger partial charge in [-0.1, -0.05) is 18.2 Å². The van der Waals surface area contributed by atoms with Crippen molar-refractivity contribution in [1.82, 2.24) is 0 Å². The van der Waals surface area contributed by atoms with Crippen molar-refractivity contribution in [2.45, 2.75) is 12.8 Å². The summed E-state index contributed by atoms with van der Waals surface area (Å²) < 4.78 is 13.7. The largest absolute Gasteiger partial charge is 0.358 e. The molecule has 1 aromatic rings. The molecule has 0 aliphatic heterocycles. The van der Waals surface area contributed by atoms with Gasteiger partial charge in [0.2, 0.25) is 5.85 Å². The molecule has 0 saturated heterocycles. The topological polar surface area (TPSA) is 20.2 Å². The maximum atomic E-state index is 12.9. The summed E-state index contributed by atoms with van der Waals surface area (Å²) in [6, 6.07) is 6.83. The highest BCUT2D eigenvalue weighted by molar-refractivity contribution is 14.1. The van der Waals surface area contributed by atoms with Gasteiger partial charge in [0.15, 0.2) is 0 Å². The fourth-order valence-corrected chi connectivity index (χ4v) is 1.71. The molecule has 0 amide bonds. The number of alkyl halides is 1. The van der Waals surface area contributed by atoms with Crippen LogP contribution in [0.15, 0.2) is 24.3 Å². The molecule has 1 atom stereocenters. The van der Waals surface area contributed by atoms with E-state index in [9.17, 15) is 4.39 Å². The quantitative estimate of drug-likeness (QED) is 0.774. The zero-order chi connectivity index (χ0) is 8.48. The Morgan fingerprint density at radius 3 is 2.36 bits per heavy atom. The molecule has 60 valence electrons. The van der Waals surface area contributed by atoms with Crippen LogP contribution in [0.25, 0.3) is 0 Å². The fourth-order valence-electron chi connectivity index (χ4n) is 0.831. The number of hydrogen-bond donors (Lipinski definition) is 1. The summed E-state index contributed by atoms with van der Waals surface area (Å²) in [6.07, 6.45) is 0. The van der Waals surface area contributed by atoms with Crippen LogP contribution in [0.4, 0.5) is 4.39 Å². The fraction of sp³-hybridized carbons (Fsp3) is 0.250. The van der Waals surface area contributed by atoms with Gasteiger partial charge in [0, 0.05) is 9.13 Å². The molecule has 0 radical (unpaired) electrons. The first-order valence-electron chi connectivity index (χ1n) is 3.18. The molecule has 0 aliphatic rings. The van der Waals surface area contributed by atoms with Gasteiger partial charge in [-0.3, -0.25) is 0 Å². The molecule has 1 N–H and O–H groups in total. The van der Waals surface area contributed by atoms with E-state index in [1.54, 1.807) is 24.3 Å². The van der Waals surface area contributed by atoms with Gasteiger partial charge in [-0.2, -0.15) is 0 Å². The van der Waals surface area contributed by atoms with Gasteiger partial charge in [0.25, 0.3) is 0 Å². The maximum absolute atomic E-state index is 12.9. The van der Waals surface area contributed by atoms with Gasteiger partial charge < -0.3 is 5.11 Å². The van der Waals surface area contributed by atoms with Crippen LogP contribution in [0.2, 0.25) is 0 Å². The molecule has 3 heteroatoms. The van der Waals surface area contributed by atoms with E-state index in [4.69, 9.17) is 5.11 Å². The average Bonchev–Trinajstić information content (AvgIpc) is 1.86. The van der Waals surface area contributed by atoms with Crippen LogP contribution in [0, 0.1) is 3.57 Å². The van der Waals surface area contributed by atoms with Gasteiger partial charge in [-0.15, -0.1) is 0 Å². The Balaban J connectivity index is 3.14. The Morgan fingerprint density at radius 1 is 1.45 bits per heavy atom. The van der Waals surface area contributed by atoms with E-state index in [2.05, 4.69) is 0 Å². The van der Waals surface area contributed by atoms with Gasteiger partial charge in [-0.25, -0.2) is 4.39 Å². The van der Waals surface area contributed by atoms with Crippen LogP contribution < -0.4 is 0 Å². The van der Waals surface area contributed by atoms with Crippen molar-refractivity contribution in [1.29, 1.82) is 0 Å². The predicted molar refractivity (Wildman–Crippen MR) is 49.8 cm³/mol. The lowest BCUT2D eigenvalue weighted by Crippen LogP contribution is -2.14. The molecule has 1 rings (SSSR count). The van der Waals surface area contributed by atoms with Gasteiger partial charge >= 0.3 is 0 Å². The van der Waals surface area contributed by atoms with Crippen LogP contribution in [0.3, 0.4) is 0 Å². The molecule has 1 aromatic carbocycles. The summed E-state index contributed by atoms with van der Waals surface area (Å²) in [5.41, 5.74) is 0.320. The molecule has 0 aromatic heterocycles. The van der Waals surface area contributed by atoms with E-state index in [0.29, 0.717) is 5.56 Å². The highest BCUT2D eigenvalue weighted by Crippen LogP contribution is 2.25. The zero-order valence-corrected chi connectivity index (χ0v) is 8.17. The molecule has 11 heavy (non-hydrogen) atoms. The number of halogens is 2. The standard InChI is InChI=1S/C8H8FIO/c1-8(9,11)6-4-2-3-5-7(6)10/h2-5,11H,1H3. The summed E-state index contributed by atoms with van der Waals surface area (Å²) in [7, 11) is 0. The van der Waals surface area contributed by atoms with Gasteiger partial charge in [0.05, 0.1) is 0 Å². The molecule has 0 bridgehead atoms. The molecular weight excluding hydrogens is 258 g/mol. The monoisotopic (exact) mass is 266 g/mol. The number of hydrogen-bond acceptors (Lipinski definition) is 1. The number of aliphatic hydroxyl groups is 1. The summed E-state index contributed by atoms with van der Waals surface area (Å²) in [4.78, 5) is 0. The smallest absolute Gasteiger partial charge is 0.231 e. The second kappa shape index (κ2) is 3.06. The van der Waals surface area contributed by atoms with Crippen molar-refractivity contribution in [2.75, 3.05) is 0 Å². The summed E-state index contributed by atoms with van der Waals surface area (Å²) in [5.74, 6) is -2.22. The van der Waals surface area contributed by atoms with E-state index in [1.807, 2.05) is 22.6 Å². The van der Waals surface area contributed by atoms with Gasteiger partial charge in [-0.05, 0) is 35.6 Å². The Kier molecular flexibility index (Phi) is 2.49. The van der Waals surface area contributed by atoms with Crippen LogP contribution in [0.1, 0.15) is 12.5 Å². The minimum atomic E-state index is -2.22. The van der Waals surface area contributed by atoms with E-state index in [1.165, 1.54) is 0 Å². The highest BCUT2D eigenvalue weighted by atomic mass is 127. The second-order valence-corrected chi connectivity index (χ2v) is 3.60. The molecule has 0 fully saturated rings. The van der Waals surface area contributed by atoms with E-state index >= 15 is 0 Å². The zero-order valence-electron chi connectivity index (χ0n) is 6.01. The third-order valence-electron chi connectivity index (χ3n) is 1.37. The Labute approximate surface area is 78.4 Å². The molecule has 0 spiro atoms. The molecule has 0 heterocycles. The summed E-state index contributed by atoms with van der Waals surface area (Å²) >= 11 is 1.99. The first-order chi connectivity index (χ1) is 5.02. The van der Waals surface area contributed by atoms with E-state index < -0.39 is 5.85 Å². The molecule has 0 saturated carbocycles. The maximum Gasteiger partial charge on any atom is 0.231 e. The lowest BCUT2D eigenvalue weighted by Gasteiger charge is -2.14. The molecule has 1 unspecified atom stereocenters. The van der Waals surface area contributed by atoms with Crippen molar-refractivity contribution < 1.29 is 9.50 Å². The van der Waals surface area contributed by atoms with E-state index in [0.717, 1.165) is 10.5 Å². The third kappa shape index (κ3) is 2.13. The normalized spacial score (nSPS) is 16.0. The van der Waals surface area contributed by atoms with Crippen LogP contribution in [0.5, 0.6) is 0 Å². The van der Waals surface area contributed by atoms with Crippen LogP contribution >= 0.6 is 22.6 Å². The SMILES string of the molecule is CC(O)(F)c1ccccc1I. The number of rotatable bonds is 1. The molecular formula is C8H8FIO. The van der Waals surface area contributed by atoms with Crippen LogP contribution in [-0.4, -0.2) is 5.11 Å². The first kappa shape index (κ1) is 8.93. The van der Waals surface area contributed by atoms with Crippen molar-refractivity contribution in [3.05, 3.63) is 33.4 Å².